The van der Waals surface area contributed by atoms with Crippen LogP contribution < -0.4 is 0 Å². The minimum absolute atomic E-state index is 0.208. The normalized spacial score (nSPS) is 20.8. The topological polar surface area (TPSA) is 57.2 Å². The Labute approximate surface area is 122 Å². The zero-order chi connectivity index (χ0) is 15.6. The molecule has 1 N–H and O–H groups in total. The molecule has 1 heterocycles. The Bertz CT molecular complexity index is 359. The molecule has 0 radical (unpaired) electrons. The standard InChI is InChI=1S/C13H24B2O5/c1-8-9-17-10-11(2,3)18-14(16)15-19-12(4,5)13(6,7)20-15/h1,16H,9-10H2,2-7H3. The minimum atomic E-state index is -1.19. The molecule has 0 bridgehead atoms. The van der Waals surface area contributed by atoms with Crippen molar-refractivity contribution in [2.75, 3.05) is 13.2 Å². The van der Waals surface area contributed by atoms with Crippen molar-refractivity contribution in [3.8, 4) is 12.3 Å². The van der Waals surface area contributed by atoms with E-state index in [0.717, 1.165) is 0 Å². The maximum absolute atomic E-state index is 10.1. The Balaban J connectivity index is 2.56. The third-order valence-electron chi connectivity index (χ3n) is 3.58. The van der Waals surface area contributed by atoms with Gasteiger partial charge in [-0.3, -0.25) is 0 Å². The Morgan fingerprint density at radius 2 is 1.75 bits per heavy atom. The average molecular weight is 282 g/mol. The molecular weight excluding hydrogens is 258 g/mol. The van der Waals surface area contributed by atoms with Crippen LogP contribution in [0.1, 0.15) is 41.5 Å². The lowest BCUT2D eigenvalue weighted by Crippen LogP contribution is -2.48. The molecule has 1 aliphatic heterocycles. The molecule has 0 unspecified atom stereocenters. The largest absolute Gasteiger partial charge is 0.488 e. The first-order valence-corrected chi connectivity index (χ1v) is 6.73. The van der Waals surface area contributed by atoms with Gasteiger partial charge in [-0.2, -0.15) is 0 Å². The van der Waals surface area contributed by atoms with Crippen LogP contribution in [-0.2, 0) is 18.7 Å². The van der Waals surface area contributed by atoms with Gasteiger partial charge in [0, 0.05) is 0 Å². The molecule has 0 spiro atoms. The van der Waals surface area contributed by atoms with E-state index in [2.05, 4.69) is 5.92 Å². The molecule has 1 fully saturated rings. The van der Waals surface area contributed by atoms with Crippen LogP contribution in [0.25, 0.3) is 0 Å². The van der Waals surface area contributed by atoms with Gasteiger partial charge < -0.3 is 23.7 Å². The molecule has 7 heteroatoms. The molecular formula is C13H24B2O5. The van der Waals surface area contributed by atoms with E-state index in [9.17, 15) is 5.02 Å². The quantitative estimate of drug-likeness (QED) is 0.449. The van der Waals surface area contributed by atoms with Crippen molar-refractivity contribution in [2.24, 2.45) is 0 Å². The molecule has 0 amide bonds. The van der Waals surface area contributed by atoms with Crippen LogP contribution in [0.5, 0.6) is 0 Å². The Kier molecular flexibility index (Phi) is 5.34. The molecule has 1 aliphatic rings. The summed E-state index contributed by atoms with van der Waals surface area (Å²) in [6, 6.07) is 0. The summed E-state index contributed by atoms with van der Waals surface area (Å²) in [7, 11) is -2.02. The van der Waals surface area contributed by atoms with Gasteiger partial charge in [0.25, 0.3) is 0 Å². The number of ether oxygens (including phenoxy) is 1. The zero-order valence-corrected chi connectivity index (χ0v) is 13.2. The number of rotatable bonds is 6. The van der Waals surface area contributed by atoms with Crippen LogP contribution in [0.15, 0.2) is 0 Å². The summed E-state index contributed by atoms with van der Waals surface area (Å²) in [4.78, 5) is 0. The molecule has 20 heavy (non-hydrogen) atoms. The van der Waals surface area contributed by atoms with Crippen molar-refractivity contribution in [2.45, 2.75) is 58.3 Å². The first-order valence-electron chi connectivity index (χ1n) is 6.73. The van der Waals surface area contributed by atoms with Gasteiger partial charge in [-0.25, -0.2) is 0 Å². The Morgan fingerprint density at radius 1 is 1.25 bits per heavy atom. The lowest BCUT2D eigenvalue weighted by Gasteiger charge is -2.32. The van der Waals surface area contributed by atoms with Gasteiger partial charge in [0.1, 0.15) is 6.61 Å². The first kappa shape index (κ1) is 17.5. The van der Waals surface area contributed by atoms with E-state index in [-0.39, 0.29) is 13.2 Å². The summed E-state index contributed by atoms with van der Waals surface area (Å²) < 4.78 is 22.3. The Hall–Kier alpha value is -0.510. The van der Waals surface area contributed by atoms with Gasteiger partial charge in [0.2, 0.25) is 0 Å². The molecule has 1 saturated heterocycles. The number of terminal acetylenes is 1. The van der Waals surface area contributed by atoms with E-state index in [1.54, 1.807) is 13.8 Å². The van der Waals surface area contributed by atoms with Crippen molar-refractivity contribution < 1.29 is 23.7 Å². The summed E-state index contributed by atoms with van der Waals surface area (Å²) in [5, 5.41) is 10.1. The maximum Gasteiger partial charge on any atom is 0.488 e. The van der Waals surface area contributed by atoms with Crippen molar-refractivity contribution in [1.29, 1.82) is 0 Å². The van der Waals surface area contributed by atoms with E-state index in [1.165, 1.54) is 0 Å². The second kappa shape index (κ2) is 6.08. The van der Waals surface area contributed by atoms with Crippen LogP contribution in [0, 0.1) is 12.3 Å². The fourth-order valence-electron chi connectivity index (χ4n) is 1.78. The fourth-order valence-corrected chi connectivity index (χ4v) is 1.78. The smallest absolute Gasteiger partial charge is 0.429 e. The summed E-state index contributed by atoms with van der Waals surface area (Å²) in [6.07, 6.45) is 5.11. The van der Waals surface area contributed by atoms with E-state index >= 15 is 0 Å². The summed E-state index contributed by atoms with van der Waals surface area (Å²) in [6.45, 7) is 11.8. The van der Waals surface area contributed by atoms with E-state index in [4.69, 9.17) is 25.1 Å². The number of hydrogen-bond donors (Lipinski definition) is 1. The zero-order valence-electron chi connectivity index (χ0n) is 13.2. The van der Waals surface area contributed by atoms with Crippen molar-refractivity contribution >= 4 is 14.0 Å². The highest BCUT2D eigenvalue weighted by atomic mass is 16.7. The molecule has 5 nitrogen and oxygen atoms in total. The third-order valence-corrected chi connectivity index (χ3v) is 3.58. The molecule has 0 aromatic heterocycles. The first-order chi connectivity index (χ1) is 9.01. The summed E-state index contributed by atoms with van der Waals surface area (Å²) in [5.74, 6) is 2.38. The van der Waals surface area contributed by atoms with Gasteiger partial charge in [0.15, 0.2) is 0 Å². The molecule has 0 atom stereocenters. The summed E-state index contributed by atoms with van der Waals surface area (Å²) in [5.41, 5.74) is -1.71. The fraction of sp³-hybridized carbons (Fsp3) is 0.846. The average Bonchev–Trinajstić information content (AvgIpc) is 2.48. The van der Waals surface area contributed by atoms with Gasteiger partial charge in [0.05, 0.1) is 23.4 Å². The molecule has 0 aliphatic carbocycles. The van der Waals surface area contributed by atoms with Crippen molar-refractivity contribution in [3.63, 3.8) is 0 Å². The predicted octanol–water partition coefficient (Wildman–Crippen LogP) is 1.08. The highest BCUT2D eigenvalue weighted by molar-refractivity contribution is 7.10. The lowest BCUT2D eigenvalue weighted by molar-refractivity contribution is -0.00359. The third kappa shape index (κ3) is 4.24. The van der Waals surface area contributed by atoms with E-state index in [1.807, 2.05) is 27.7 Å². The monoisotopic (exact) mass is 282 g/mol. The number of hydrogen-bond acceptors (Lipinski definition) is 5. The summed E-state index contributed by atoms with van der Waals surface area (Å²) >= 11 is 0. The second-order valence-corrected chi connectivity index (χ2v) is 6.59. The van der Waals surface area contributed by atoms with Crippen molar-refractivity contribution in [3.05, 3.63) is 0 Å². The highest BCUT2D eigenvalue weighted by Gasteiger charge is 2.57. The van der Waals surface area contributed by atoms with Gasteiger partial charge in [-0.1, -0.05) is 5.92 Å². The van der Waals surface area contributed by atoms with Crippen LogP contribution in [0.2, 0.25) is 0 Å². The molecule has 112 valence electrons. The van der Waals surface area contributed by atoms with Gasteiger partial charge in [-0.15, -0.1) is 6.42 Å². The van der Waals surface area contributed by atoms with E-state index in [0.29, 0.717) is 0 Å². The SMILES string of the molecule is C#CCOCC(C)(C)OB(O)B1OC(C)(C)C(C)(C)O1. The lowest BCUT2D eigenvalue weighted by atomic mass is 9.49. The van der Waals surface area contributed by atoms with Crippen LogP contribution in [0.4, 0.5) is 0 Å². The second-order valence-electron chi connectivity index (χ2n) is 6.59. The molecule has 0 saturated carbocycles. The molecule has 1 rings (SSSR count). The Morgan fingerprint density at radius 3 is 2.20 bits per heavy atom. The maximum atomic E-state index is 10.1. The molecule has 0 aromatic rings. The highest BCUT2D eigenvalue weighted by Crippen LogP contribution is 2.37. The minimum Gasteiger partial charge on any atom is -0.429 e. The van der Waals surface area contributed by atoms with Gasteiger partial charge in [-0.05, 0) is 41.5 Å². The van der Waals surface area contributed by atoms with E-state index < -0.39 is 30.8 Å². The predicted molar refractivity (Wildman–Crippen MR) is 78.9 cm³/mol. The van der Waals surface area contributed by atoms with Gasteiger partial charge >= 0.3 is 14.0 Å². The van der Waals surface area contributed by atoms with Crippen LogP contribution in [-0.4, -0.2) is 49.1 Å². The molecule has 0 aromatic carbocycles. The van der Waals surface area contributed by atoms with Crippen LogP contribution >= 0.6 is 0 Å². The van der Waals surface area contributed by atoms with Crippen molar-refractivity contribution in [1.82, 2.24) is 0 Å². The van der Waals surface area contributed by atoms with Crippen LogP contribution in [0.3, 0.4) is 0 Å².